The lowest BCUT2D eigenvalue weighted by Gasteiger charge is -2.31. The molecule has 1 amide bonds. The Hall–Kier alpha value is -0.680. The summed E-state index contributed by atoms with van der Waals surface area (Å²) < 4.78 is 0. The number of nitrogens with zero attached hydrogens (tertiary/aromatic N) is 1. The molecular formula is C13H24N2O2S. The molecule has 1 rings (SSSR count). The number of rotatable bonds is 5. The molecule has 1 aliphatic heterocycles. The first kappa shape index (κ1) is 15.4. The fourth-order valence-corrected chi connectivity index (χ4v) is 2.75. The Balaban J connectivity index is 2.79. The summed E-state index contributed by atoms with van der Waals surface area (Å²) in [4.78, 5) is 14.6. The number of likely N-dealkylation sites (tertiary alicyclic amines) is 1. The van der Waals surface area contributed by atoms with Crippen LogP contribution in [-0.4, -0.2) is 40.1 Å². The van der Waals surface area contributed by atoms with E-state index < -0.39 is 0 Å². The van der Waals surface area contributed by atoms with Crippen molar-refractivity contribution in [3.63, 3.8) is 0 Å². The van der Waals surface area contributed by atoms with E-state index in [9.17, 15) is 9.90 Å². The SMILES string of the molecule is CCCC(C(=O)N1CCCCCC1CO)C(N)=S. The molecule has 1 heterocycles. The third kappa shape index (κ3) is 3.92. The predicted molar refractivity (Wildman–Crippen MR) is 76.2 cm³/mol. The van der Waals surface area contributed by atoms with Crippen LogP contribution in [0.25, 0.3) is 0 Å². The Morgan fingerprint density at radius 1 is 1.50 bits per heavy atom. The average molecular weight is 272 g/mol. The largest absolute Gasteiger partial charge is 0.394 e. The van der Waals surface area contributed by atoms with Gasteiger partial charge in [0.25, 0.3) is 0 Å². The van der Waals surface area contributed by atoms with E-state index in [2.05, 4.69) is 0 Å². The Morgan fingerprint density at radius 3 is 2.78 bits per heavy atom. The summed E-state index contributed by atoms with van der Waals surface area (Å²) in [7, 11) is 0. The molecule has 0 aromatic heterocycles. The molecule has 0 aromatic carbocycles. The van der Waals surface area contributed by atoms with Crippen molar-refractivity contribution in [2.45, 2.75) is 51.5 Å². The molecule has 1 fully saturated rings. The number of carbonyl (C=O) groups is 1. The summed E-state index contributed by atoms with van der Waals surface area (Å²) in [5.74, 6) is -0.359. The molecule has 5 heteroatoms. The van der Waals surface area contributed by atoms with Gasteiger partial charge in [-0.2, -0.15) is 0 Å². The fraction of sp³-hybridized carbons (Fsp3) is 0.846. The molecule has 18 heavy (non-hydrogen) atoms. The van der Waals surface area contributed by atoms with E-state index in [1.54, 1.807) is 4.90 Å². The topological polar surface area (TPSA) is 66.6 Å². The first-order chi connectivity index (χ1) is 8.61. The first-order valence-corrected chi connectivity index (χ1v) is 7.23. The number of aliphatic hydroxyl groups is 1. The molecule has 4 nitrogen and oxygen atoms in total. The summed E-state index contributed by atoms with van der Waals surface area (Å²) in [5.41, 5.74) is 5.68. The van der Waals surface area contributed by atoms with E-state index in [0.717, 1.165) is 32.1 Å². The van der Waals surface area contributed by atoms with Gasteiger partial charge in [0.1, 0.15) is 0 Å². The molecule has 2 atom stereocenters. The van der Waals surface area contributed by atoms with Crippen molar-refractivity contribution in [2.75, 3.05) is 13.2 Å². The van der Waals surface area contributed by atoms with Crippen molar-refractivity contribution in [1.29, 1.82) is 0 Å². The molecule has 0 aromatic rings. The van der Waals surface area contributed by atoms with Gasteiger partial charge in [-0.15, -0.1) is 0 Å². The second-order valence-corrected chi connectivity index (χ2v) is 5.43. The van der Waals surface area contributed by atoms with Gasteiger partial charge < -0.3 is 15.7 Å². The highest BCUT2D eigenvalue weighted by Crippen LogP contribution is 2.20. The second-order valence-electron chi connectivity index (χ2n) is 4.96. The summed E-state index contributed by atoms with van der Waals surface area (Å²) in [6.07, 6.45) is 5.64. The van der Waals surface area contributed by atoms with E-state index in [1.165, 1.54) is 0 Å². The minimum absolute atomic E-state index is 0.00491. The molecule has 3 N–H and O–H groups in total. The van der Waals surface area contributed by atoms with Crippen LogP contribution in [0.2, 0.25) is 0 Å². The second kappa shape index (κ2) is 7.69. The van der Waals surface area contributed by atoms with Crippen molar-refractivity contribution in [3.8, 4) is 0 Å². The average Bonchev–Trinajstić information content (AvgIpc) is 2.59. The zero-order valence-corrected chi connectivity index (χ0v) is 11.9. The van der Waals surface area contributed by atoms with Crippen LogP contribution in [0.1, 0.15) is 45.4 Å². The highest BCUT2D eigenvalue weighted by atomic mass is 32.1. The van der Waals surface area contributed by atoms with Gasteiger partial charge in [-0.3, -0.25) is 4.79 Å². The maximum absolute atomic E-state index is 12.5. The van der Waals surface area contributed by atoms with E-state index in [4.69, 9.17) is 18.0 Å². The summed E-state index contributed by atoms with van der Waals surface area (Å²) in [5, 5.41) is 9.43. The monoisotopic (exact) mass is 272 g/mol. The van der Waals surface area contributed by atoms with Gasteiger partial charge in [-0.1, -0.05) is 38.4 Å². The molecule has 0 spiro atoms. The molecule has 104 valence electrons. The van der Waals surface area contributed by atoms with E-state index in [-0.39, 0.29) is 29.5 Å². The van der Waals surface area contributed by atoms with Crippen LogP contribution < -0.4 is 5.73 Å². The van der Waals surface area contributed by atoms with Crippen LogP contribution in [-0.2, 0) is 4.79 Å². The zero-order valence-electron chi connectivity index (χ0n) is 11.1. The summed E-state index contributed by atoms with van der Waals surface area (Å²) in [6.45, 7) is 2.76. The minimum Gasteiger partial charge on any atom is -0.394 e. The van der Waals surface area contributed by atoms with Gasteiger partial charge in [0.2, 0.25) is 5.91 Å². The Morgan fingerprint density at radius 2 is 2.22 bits per heavy atom. The van der Waals surface area contributed by atoms with Gasteiger partial charge >= 0.3 is 0 Å². The van der Waals surface area contributed by atoms with Crippen molar-refractivity contribution in [3.05, 3.63) is 0 Å². The number of hydrogen-bond donors (Lipinski definition) is 2. The van der Waals surface area contributed by atoms with Crippen molar-refractivity contribution < 1.29 is 9.90 Å². The highest BCUT2D eigenvalue weighted by Gasteiger charge is 2.31. The van der Waals surface area contributed by atoms with Crippen LogP contribution >= 0.6 is 12.2 Å². The first-order valence-electron chi connectivity index (χ1n) is 6.82. The van der Waals surface area contributed by atoms with Crippen LogP contribution in [0.3, 0.4) is 0 Å². The van der Waals surface area contributed by atoms with Crippen molar-refractivity contribution in [2.24, 2.45) is 11.7 Å². The molecule has 0 radical (unpaired) electrons. The smallest absolute Gasteiger partial charge is 0.232 e. The van der Waals surface area contributed by atoms with Gasteiger partial charge in [-0.05, 0) is 19.3 Å². The lowest BCUT2D eigenvalue weighted by molar-refractivity contribution is -0.136. The maximum Gasteiger partial charge on any atom is 0.232 e. The van der Waals surface area contributed by atoms with E-state index in [0.29, 0.717) is 13.0 Å². The molecule has 1 aliphatic rings. The minimum atomic E-state index is -0.364. The number of amides is 1. The van der Waals surface area contributed by atoms with Crippen LogP contribution in [0, 0.1) is 5.92 Å². The van der Waals surface area contributed by atoms with E-state index >= 15 is 0 Å². The number of carbonyl (C=O) groups excluding carboxylic acids is 1. The maximum atomic E-state index is 12.5. The Labute approximate surface area is 115 Å². The lowest BCUT2D eigenvalue weighted by Crippen LogP contribution is -2.47. The Bertz CT molecular complexity index is 297. The van der Waals surface area contributed by atoms with Crippen LogP contribution in [0.15, 0.2) is 0 Å². The molecule has 0 aliphatic carbocycles. The highest BCUT2D eigenvalue weighted by molar-refractivity contribution is 7.80. The standard InChI is InChI=1S/C13H24N2O2S/c1-2-6-11(12(14)18)13(17)15-8-5-3-4-7-10(15)9-16/h10-11,16H,2-9H2,1H3,(H2,14,18). The van der Waals surface area contributed by atoms with Crippen molar-refractivity contribution in [1.82, 2.24) is 4.90 Å². The zero-order chi connectivity index (χ0) is 13.5. The van der Waals surface area contributed by atoms with Crippen LogP contribution in [0.4, 0.5) is 0 Å². The number of hydrogen-bond acceptors (Lipinski definition) is 3. The van der Waals surface area contributed by atoms with Gasteiger partial charge in [-0.25, -0.2) is 0 Å². The van der Waals surface area contributed by atoms with E-state index in [1.807, 2.05) is 6.92 Å². The molecule has 1 saturated heterocycles. The normalized spacial score (nSPS) is 22.3. The molecule has 0 saturated carbocycles. The third-order valence-electron chi connectivity index (χ3n) is 3.59. The third-order valence-corrected chi connectivity index (χ3v) is 3.87. The molecule has 0 bridgehead atoms. The number of nitrogens with two attached hydrogens (primary N) is 1. The summed E-state index contributed by atoms with van der Waals surface area (Å²) >= 11 is 5.00. The van der Waals surface area contributed by atoms with Crippen LogP contribution in [0.5, 0.6) is 0 Å². The fourth-order valence-electron chi connectivity index (χ4n) is 2.53. The van der Waals surface area contributed by atoms with Gasteiger partial charge in [0, 0.05) is 6.54 Å². The van der Waals surface area contributed by atoms with Gasteiger partial charge in [0.15, 0.2) is 0 Å². The Kier molecular flexibility index (Phi) is 6.57. The number of aliphatic hydroxyl groups excluding tert-OH is 1. The molecule has 2 unspecified atom stereocenters. The van der Waals surface area contributed by atoms with Crippen molar-refractivity contribution >= 4 is 23.1 Å². The molecular weight excluding hydrogens is 248 g/mol. The predicted octanol–water partition coefficient (Wildman–Crippen LogP) is 1.45. The lowest BCUT2D eigenvalue weighted by atomic mass is 10.0. The summed E-state index contributed by atoms with van der Waals surface area (Å²) in [6, 6.07) is -0.0614. The quantitative estimate of drug-likeness (QED) is 0.744. The number of thiocarbonyl (C=S) groups is 1. The van der Waals surface area contributed by atoms with Gasteiger partial charge in [0.05, 0.1) is 23.6 Å².